The van der Waals surface area contributed by atoms with Crippen LogP contribution in [0, 0.1) is 5.92 Å². The molecule has 3 N–H and O–H groups in total. The fourth-order valence-corrected chi connectivity index (χ4v) is 3.44. The minimum atomic E-state index is -0.0351. The lowest BCUT2D eigenvalue weighted by atomic mass is 10.2. The minimum Gasteiger partial charge on any atom is -0.354 e. The summed E-state index contributed by atoms with van der Waals surface area (Å²) < 4.78 is 0. The SMILES string of the molecule is Cl.Cl.NC(CNC(=O)Cc1csc(-c2ccccc2Cl)n1)C1CC1. The number of nitrogens with one attached hydrogen (secondary N) is 1. The molecular formula is C16H20Cl3N3OS. The number of benzene rings is 1. The lowest BCUT2D eigenvalue weighted by Gasteiger charge is -2.10. The molecule has 0 aliphatic heterocycles. The Morgan fingerprint density at radius 3 is 2.75 bits per heavy atom. The second kappa shape index (κ2) is 9.59. The second-order valence-corrected chi connectivity index (χ2v) is 6.87. The van der Waals surface area contributed by atoms with Crippen LogP contribution >= 0.6 is 47.8 Å². The first-order valence-corrected chi connectivity index (χ1v) is 8.61. The Morgan fingerprint density at radius 2 is 2.08 bits per heavy atom. The zero-order valence-corrected chi connectivity index (χ0v) is 16.1. The predicted octanol–water partition coefficient (Wildman–Crippen LogP) is 3.70. The fraction of sp³-hybridized carbons (Fsp3) is 0.375. The highest BCUT2D eigenvalue weighted by atomic mass is 35.5. The van der Waals surface area contributed by atoms with E-state index in [1.165, 1.54) is 24.2 Å². The maximum Gasteiger partial charge on any atom is 0.226 e. The third kappa shape index (κ3) is 5.60. The van der Waals surface area contributed by atoms with E-state index in [-0.39, 0.29) is 43.2 Å². The molecule has 1 unspecified atom stereocenters. The third-order valence-corrected chi connectivity index (χ3v) is 5.01. The molecule has 132 valence electrons. The van der Waals surface area contributed by atoms with Gasteiger partial charge in [-0.3, -0.25) is 4.79 Å². The minimum absolute atomic E-state index is 0. The summed E-state index contributed by atoms with van der Waals surface area (Å²) in [5.74, 6) is 0.554. The number of nitrogens with zero attached hydrogens (tertiary/aromatic N) is 1. The molecule has 3 rings (SSSR count). The van der Waals surface area contributed by atoms with Crippen molar-refractivity contribution in [3.05, 3.63) is 40.4 Å². The van der Waals surface area contributed by atoms with Crippen molar-refractivity contribution in [1.29, 1.82) is 0 Å². The Kier molecular flexibility index (Phi) is 8.46. The quantitative estimate of drug-likeness (QED) is 0.765. The van der Waals surface area contributed by atoms with Crippen LogP contribution in [0.2, 0.25) is 5.02 Å². The zero-order chi connectivity index (χ0) is 15.5. The van der Waals surface area contributed by atoms with E-state index in [4.69, 9.17) is 17.3 Å². The largest absolute Gasteiger partial charge is 0.354 e. The van der Waals surface area contributed by atoms with E-state index in [0.717, 1.165) is 16.3 Å². The topological polar surface area (TPSA) is 68.0 Å². The molecule has 0 bridgehead atoms. The van der Waals surface area contributed by atoms with Crippen LogP contribution in [0.15, 0.2) is 29.6 Å². The summed E-state index contributed by atoms with van der Waals surface area (Å²) in [6.45, 7) is 0.547. The van der Waals surface area contributed by atoms with Crippen LogP contribution in [0.25, 0.3) is 10.6 Å². The van der Waals surface area contributed by atoms with Crippen LogP contribution < -0.4 is 11.1 Å². The van der Waals surface area contributed by atoms with Crippen molar-refractivity contribution < 1.29 is 4.79 Å². The van der Waals surface area contributed by atoms with Crippen LogP contribution in [0.5, 0.6) is 0 Å². The van der Waals surface area contributed by atoms with Crippen molar-refractivity contribution in [3.63, 3.8) is 0 Å². The molecule has 0 saturated heterocycles. The number of aromatic nitrogens is 1. The monoisotopic (exact) mass is 407 g/mol. The van der Waals surface area contributed by atoms with Gasteiger partial charge in [-0.1, -0.05) is 29.8 Å². The Labute approximate surface area is 163 Å². The lowest BCUT2D eigenvalue weighted by Crippen LogP contribution is -2.39. The van der Waals surface area contributed by atoms with E-state index in [9.17, 15) is 4.79 Å². The number of carbonyl (C=O) groups is 1. The van der Waals surface area contributed by atoms with Gasteiger partial charge in [0.25, 0.3) is 0 Å². The molecule has 2 aromatic rings. The number of thiazole rings is 1. The molecule has 1 aromatic carbocycles. The summed E-state index contributed by atoms with van der Waals surface area (Å²) in [6, 6.07) is 7.66. The van der Waals surface area contributed by atoms with Crippen LogP contribution in [-0.4, -0.2) is 23.5 Å². The first-order chi connectivity index (χ1) is 10.6. The average Bonchev–Trinajstić information content (AvgIpc) is 3.26. The van der Waals surface area contributed by atoms with Gasteiger partial charge in [0.2, 0.25) is 5.91 Å². The van der Waals surface area contributed by atoms with E-state index in [0.29, 0.717) is 17.5 Å². The van der Waals surface area contributed by atoms with Crippen molar-refractivity contribution in [2.45, 2.75) is 25.3 Å². The maximum atomic E-state index is 11.9. The molecule has 24 heavy (non-hydrogen) atoms. The molecule has 8 heteroatoms. The molecule has 4 nitrogen and oxygen atoms in total. The molecule has 1 fully saturated rings. The molecule has 1 aromatic heterocycles. The summed E-state index contributed by atoms with van der Waals surface area (Å²) >= 11 is 7.67. The molecule has 1 saturated carbocycles. The van der Waals surface area contributed by atoms with Crippen LogP contribution in [-0.2, 0) is 11.2 Å². The van der Waals surface area contributed by atoms with E-state index < -0.39 is 0 Å². The normalized spacial score (nSPS) is 14.2. The summed E-state index contributed by atoms with van der Waals surface area (Å²) in [5.41, 5.74) is 7.64. The summed E-state index contributed by atoms with van der Waals surface area (Å²) in [7, 11) is 0. The van der Waals surface area contributed by atoms with Gasteiger partial charge in [-0.25, -0.2) is 4.98 Å². The third-order valence-electron chi connectivity index (χ3n) is 3.76. The number of hydrogen-bond donors (Lipinski definition) is 2. The van der Waals surface area contributed by atoms with E-state index >= 15 is 0 Å². The molecular weight excluding hydrogens is 389 g/mol. The Morgan fingerprint density at radius 1 is 1.38 bits per heavy atom. The first kappa shape index (κ1) is 21.2. The van der Waals surface area contributed by atoms with Gasteiger partial charge in [0.15, 0.2) is 0 Å². The molecule has 1 atom stereocenters. The zero-order valence-electron chi connectivity index (χ0n) is 12.9. The van der Waals surface area contributed by atoms with Gasteiger partial charge >= 0.3 is 0 Å². The molecule has 0 spiro atoms. The van der Waals surface area contributed by atoms with E-state index in [2.05, 4.69) is 10.3 Å². The highest BCUT2D eigenvalue weighted by Crippen LogP contribution is 2.31. The summed E-state index contributed by atoms with van der Waals surface area (Å²) in [6.07, 6.45) is 2.65. The first-order valence-electron chi connectivity index (χ1n) is 7.35. The number of amides is 1. The average molecular weight is 409 g/mol. The van der Waals surface area contributed by atoms with Crippen molar-refractivity contribution in [1.82, 2.24) is 10.3 Å². The maximum absolute atomic E-state index is 11.9. The van der Waals surface area contributed by atoms with E-state index in [1.54, 1.807) is 0 Å². The van der Waals surface area contributed by atoms with E-state index in [1.807, 2.05) is 29.6 Å². The smallest absolute Gasteiger partial charge is 0.226 e. The van der Waals surface area contributed by atoms with Gasteiger partial charge in [0, 0.05) is 23.5 Å². The molecule has 1 amide bonds. The van der Waals surface area contributed by atoms with Gasteiger partial charge in [0.1, 0.15) is 5.01 Å². The van der Waals surface area contributed by atoms with Crippen molar-refractivity contribution in [2.24, 2.45) is 11.7 Å². The lowest BCUT2D eigenvalue weighted by molar-refractivity contribution is -0.120. The second-order valence-electron chi connectivity index (χ2n) is 5.61. The van der Waals surface area contributed by atoms with Gasteiger partial charge < -0.3 is 11.1 Å². The Balaban J connectivity index is 0.00000144. The van der Waals surface area contributed by atoms with Crippen molar-refractivity contribution >= 4 is 53.7 Å². The molecule has 1 aliphatic rings. The number of hydrogen-bond acceptors (Lipinski definition) is 4. The van der Waals surface area contributed by atoms with Gasteiger partial charge in [-0.05, 0) is 24.8 Å². The number of nitrogens with two attached hydrogens (primary N) is 1. The highest BCUT2D eigenvalue weighted by molar-refractivity contribution is 7.13. The van der Waals surface area contributed by atoms with Gasteiger partial charge in [0.05, 0.1) is 17.1 Å². The van der Waals surface area contributed by atoms with Gasteiger partial charge in [-0.15, -0.1) is 36.2 Å². The van der Waals surface area contributed by atoms with Crippen molar-refractivity contribution in [3.8, 4) is 10.6 Å². The molecule has 1 aliphatic carbocycles. The Hall–Kier alpha value is -0.850. The number of carbonyl (C=O) groups excluding carboxylic acids is 1. The van der Waals surface area contributed by atoms with Crippen molar-refractivity contribution in [2.75, 3.05) is 6.54 Å². The number of rotatable bonds is 6. The molecule has 0 radical (unpaired) electrons. The van der Waals surface area contributed by atoms with Crippen LogP contribution in [0.1, 0.15) is 18.5 Å². The molecule has 1 heterocycles. The fourth-order valence-electron chi connectivity index (χ4n) is 2.30. The van der Waals surface area contributed by atoms with Crippen LogP contribution in [0.3, 0.4) is 0 Å². The summed E-state index contributed by atoms with van der Waals surface area (Å²) in [4.78, 5) is 16.4. The highest BCUT2D eigenvalue weighted by Gasteiger charge is 2.28. The standard InChI is InChI=1S/C16H18ClN3OS.2ClH/c17-13-4-2-1-3-12(13)16-20-11(9-22-16)7-15(21)19-8-14(18)10-5-6-10;;/h1-4,9-10,14H,5-8,18H2,(H,19,21);2*1H. The Bertz CT molecular complexity index is 676. The summed E-state index contributed by atoms with van der Waals surface area (Å²) in [5, 5.41) is 6.30. The number of halogens is 3. The van der Waals surface area contributed by atoms with Gasteiger partial charge in [-0.2, -0.15) is 0 Å². The van der Waals surface area contributed by atoms with Crippen LogP contribution in [0.4, 0.5) is 0 Å². The predicted molar refractivity (Wildman–Crippen MR) is 104 cm³/mol.